The first-order chi connectivity index (χ1) is 8.00. The van der Waals surface area contributed by atoms with Crippen LogP contribution in [0.3, 0.4) is 0 Å². The van der Waals surface area contributed by atoms with E-state index in [2.05, 4.69) is 0 Å². The number of aryl methyl sites for hydroxylation is 1. The average molecular weight is 287 g/mol. The Labute approximate surface area is 109 Å². The Morgan fingerprint density at radius 1 is 1.29 bits per heavy atom. The van der Waals surface area contributed by atoms with E-state index in [4.69, 9.17) is 0 Å². The fourth-order valence-electron chi connectivity index (χ4n) is 1.43. The van der Waals surface area contributed by atoms with Gasteiger partial charge in [-0.15, -0.1) is 11.3 Å². The lowest BCUT2D eigenvalue weighted by Gasteiger charge is -2.14. The predicted octanol–water partition coefficient (Wildman–Crippen LogP) is 2.94. The third kappa shape index (κ3) is 2.77. The first kappa shape index (κ1) is 12.8. The van der Waals surface area contributed by atoms with Gasteiger partial charge >= 0.3 is 0 Å². The van der Waals surface area contributed by atoms with Crippen LogP contribution in [-0.2, 0) is 16.6 Å². The summed E-state index contributed by atoms with van der Waals surface area (Å²) in [4.78, 5) is 1.01. The van der Waals surface area contributed by atoms with Crippen molar-refractivity contribution in [2.75, 3.05) is 7.05 Å². The second-order valence-electron chi connectivity index (χ2n) is 3.76. The fraction of sp³-hybridized carbons (Fsp3) is 0.273. The molecule has 0 amide bonds. The smallest absolute Gasteiger partial charge is 0.206 e. The van der Waals surface area contributed by atoms with E-state index >= 15 is 0 Å². The Hall–Kier alpha value is -0.690. The Balaban J connectivity index is 2.21. The van der Waals surface area contributed by atoms with Gasteiger partial charge in [0.1, 0.15) is 4.21 Å². The zero-order valence-electron chi connectivity index (χ0n) is 9.58. The summed E-state index contributed by atoms with van der Waals surface area (Å²) >= 11 is 2.88. The zero-order valence-corrected chi connectivity index (χ0v) is 12.0. The monoisotopic (exact) mass is 287 g/mol. The summed E-state index contributed by atoms with van der Waals surface area (Å²) in [5.41, 5.74) is 1.02. The van der Waals surface area contributed by atoms with Gasteiger partial charge in [-0.05, 0) is 41.4 Å². The van der Waals surface area contributed by atoms with Crippen molar-refractivity contribution in [1.82, 2.24) is 4.31 Å². The van der Waals surface area contributed by atoms with Crippen LogP contribution in [0, 0.1) is 6.92 Å². The zero-order chi connectivity index (χ0) is 12.5. The van der Waals surface area contributed by atoms with E-state index < -0.39 is 10.0 Å². The van der Waals surface area contributed by atoms with Crippen LogP contribution < -0.4 is 0 Å². The van der Waals surface area contributed by atoms with E-state index in [0.29, 0.717) is 10.8 Å². The topological polar surface area (TPSA) is 37.4 Å². The molecule has 2 rings (SSSR count). The molecular formula is C11H13NO2S3. The summed E-state index contributed by atoms with van der Waals surface area (Å²) in [7, 11) is -1.72. The van der Waals surface area contributed by atoms with Crippen molar-refractivity contribution < 1.29 is 8.42 Å². The lowest BCUT2D eigenvalue weighted by atomic mass is 10.3. The van der Waals surface area contributed by atoms with Crippen molar-refractivity contribution >= 4 is 32.7 Å². The van der Waals surface area contributed by atoms with Crippen LogP contribution in [-0.4, -0.2) is 19.8 Å². The lowest BCUT2D eigenvalue weighted by Crippen LogP contribution is -2.25. The summed E-state index contributed by atoms with van der Waals surface area (Å²) < 4.78 is 26.2. The van der Waals surface area contributed by atoms with Crippen LogP contribution in [0.15, 0.2) is 33.2 Å². The van der Waals surface area contributed by atoms with Crippen LogP contribution in [0.4, 0.5) is 0 Å². The number of hydrogen-bond donors (Lipinski definition) is 0. The van der Waals surface area contributed by atoms with Crippen LogP contribution in [0.1, 0.15) is 10.4 Å². The molecule has 17 heavy (non-hydrogen) atoms. The fourth-order valence-corrected chi connectivity index (χ4v) is 4.74. The van der Waals surface area contributed by atoms with Crippen molar-refractivity contribution in [3.8, 4) is 0 Å². The summed E-state index contributed by atoms with van der Waals surface area (Å²) in [5, 5.41) is 3.91. The maximum absolute atomic E-state index is 12.2. The molecule has 0 saturated carbocycles. The van der Waals surface area contributed by atoms with Gasteiger partial charge in [0.2, 0.25) is 0 Å². The normalized spacial score (nSPS) is 12.2. The molecule has 0 radical (unpaired) electrons. The van der Waals surface area contributed by atoms with Crippen molar-refractivity contribution in [3.63, 3.8) is 0 Å². The van der Waals surface area contributed by atoms with Gasteiger partial charge in [0.15, 0.2) is 0 Å². The molecule has 0 atom stereocenters. The van der Waals surface area contributed by atoms with Gasteiger partial charge in [-0.2, -0.15) is 15.6 Å². The number of rotatable bonds is 4. The minimum atomic E-state index is -3.34. The molecule has 0 aromatic carbocycles. The molecule has 2 heterocycles. The summed E-state index contributed by atoms with van der Waals surface area (Å²) in [6.07, 6.45) is 0. The van der Waals surface area contributed by atoms with Gasteiger partial charge < -0.3 is 0 Å². The maximum atomic E-state index is 12.2. The van der Waals surface area contributed by atoms with Gasteiger partial charge in [0, 0.05) is 18.5 Å². The van der Waals surface area contributed by atoms with E-state index in [-0.39, 0.29) is 0 Å². The van der Waals surface area contributed by atoms with Crippen LogP contribution >= 0.6 is 22.7 Å². The molecule has 0 fully saturated rings. The molecule has 0 aliphatic rings. The van der Waals surface area contributed by atoms with E-state index in [1.54, 1.807) is 24.5 Å². The molecule has 0 N–H and O–H groups in total. The van der Waals surface area contributed by atoms with Crippen LogP contribution in [0.2, 0.25) is 0 Å². The molecule has 0 bridgehead atoms. The first-order valence-corrected chi connectivity index (χ1v) is 8.24. The van der Waals surface area contributed by atoms with Crippen molar-refractivity contribution in [2.24, 2.45) is 0 Å². The molecule has 2 aromatic rings. The molecule has 0 aliphatic heterocycles. The molecule has 2 aromatic heterocycles. The number of sulfonamides is 1. The Morgan fingerprint density at radius 2 is 2.06 bits per heavy atom. The Bertz CT molecular complexity index is 584. The van der Waals surface area contributed by atoms with Crippen LogP contribution in [0.25, 0.3) is 0 Å². The summed E-state index contributed by atoms with van der Waals surface area (Å²) in [6.45, 7) is 2.32. The minimum Gasteiger partial charge on any atom is -0.206 e. The molecular weight excluding hydrogens is 274 g/mol. The van der Waals surface area contributed by atoms with E-state index in [0.717, 1.165) is 10.4 Å². The molecule has 0 spiro atoms. The quantitative estimate of drug-likeness (QED) is 0.867. The van der Waals surface area contributed by atoms with Gasteiger partial charge in [-0.3, -0.25) is 0 Å². The predicted molar refractivity (Wildman–Crippen MR) is 72.0 cm³/mol. The largest absolute Gasteiger partial charge is 0.252 e. The summed E-state index contributed by atoms with van der Waals surface area (Å²) in [6, 6.07) is 5.44. The Morgan fingerprint density at radius 3 is 2.59 bits per heavy atom. The molecule has 0 saturated heterocycles. The standard InChI is InChI=1S/C11H13NO2S3/c1-9-3-4-11(16-9)17(13,14)12(2)7-10-5-6-15-8-10/h3-6,8H,7H2,1-2H3. The summed E-state index contributed by atoms with van der Waals surface area (Å²) in [5.74, 6) is 0. The lowest BCUT2D eigenvalue weighted by molar-refractivity contribution is 0.469. The van der Waals surface area contributed by atoms with Gasteiger partial charge in [-0.1, -0.05) is 0 Å². The number of thiophene rings is 2. The highest BCUT2D eigenvalue weighted by atomic mass is 32.2. The third-order valence-electron chi connectivity index (χ3n) is 2.37. The molecule has 6 heteroatoms. The molecule has 92 valence electrons. The van der Waals surface area contributed by atoms with Crippen molar-refractivity contribution in [3.05, 3.63) is 39.4 Å². The van der Waals surface area contributed by atoms with Crippen LogP contribution in [0.5, 0.6) is 0 Å². The second kappa shape index (κ2) is 4.89. The highest BCUT2D eigenvalue weighted by Gasteiger charge is 2.22. The van der Waals surface area contributed by atoms with Crippen molar-refractivity contribution in [2.45, 2.75) is 17.7 Å². The Kier molecular flexibility index (Phi) is 3.67. The molecule has 3 nitrogen and oxygen atoms in total. The first-order valence-electron chi connectivity index (χ1n) is 5.04. The van der Waals surface area contributed by atoms with E-state index in [9.17, 15) is 8.42 Å². The SMILES string of the molecule is Cc1ccc(S(=O)(=O)N(C)Cc2ccsc2)s1. The van der Waals surface area contributed by atoms with E-state index in [1.807, 2.05) is 29.8 Å². The molecule has 0 unspecified atom stereocenters. The third-order valence-corrected chi connectivity index (χ3v) is 6.37. The highest BCUT2D eigenvalue weighted by Crippen LogP contribution is 2.24. The number of hydrogen-bond acceptors (Lipinski definition) is 4. The maximum Gasteiger partial charge on any atom is 0.252 e. The van der Waals surface area contributed by atoms with Gasteiger partial charge in [-0.25, -0.2) is 8.42 Å². The van der Waals surface area contributed by atoms with Gasteiger partial charge in [0.05, 0.1) is 0 Å². The minimum absolute atomic E-state index is 0.410. The second-order valence-corrected chi connectivity index (χ2v) is 8.10. The average Bonchev–Trinajstić information content (AvgIpc) is 2.89. The van der Waals surface area contributed by atoms with Crippen molar-refractivity contribution in [1.29, 1.82) is 0 Å². The molecule has 0 aliphatic carbocycles. The number of nitrogens with zero attached hydrogens (tertiary/aromatic N) is 1. The van der Waals surface area contributed by atoms with Gasteiger partial charge in [0.25, 0.3) is 10.0 Å². The van der Waals surface area contributed by atoms with E-state index in [1.165, 1.54) is 15.6 Å². The highest BCUT2D eigenvalue weighted by molar-refractivity contribution is 7.91.